The lowest BCUT2D eigenvalue weighted by molar-refractivity contribution is -0.149. The van der Waals surface area contributed by atoms with Gasteiger partial charge in [0.05, 0.1) is 22.2 Å². The van der Waals surface area contributed by atoms with Crippen molar-refractivity contribution in [1.29, 1.82) is 5.26 Å². The van der Waals surface area contributed by atoms with Gasteiger partial charge in [0.25, 0.3) is 0 Å². The number of benzene rings is 5. The van der Waals surface area contributed by atoms with E-state index in [1.54, 1.807) is 56.3 Å². The molecule has 318 valence electrons. The van der Waals surface area contributed by atoms with E-state index in [-0.39, 0.29) is 50.9 Å². The lowest BCUT2D eigenvalue weighted by Crippen LogP contribution is -2.36. The Labute approximate surface area is 367 Å². The van der Waals surface area contributed by atoms with Crippen molar-refractivity contribution in [3.8, 4) is 29.1 Å². The van der Waals surface area contributed by atoms with Gasteiger partial charge in [0.15, 0.2) is 0 Å². The number of carbonyl (C=O) groups excluding carboxylic acids is 2. The number of anilines is 1. The molecule has 5 aromatic carbocycles. The van der Waals surface area contributed by atoms with E-state index in [1.165, 1.54) is 0 Å². The summed E-state index contributed by atoms with van der Waals surface area (Å²) in [5, 5.41) is 12.3. The van der Waals surface area contributed by atoms with Gasteiger partial charge in [-0.1, -0.05) is 123 Å². The zero-order valence-corrected chi connectivity index (χ0v) is 35.7. The van der Waals surface area contributed by atoms with Gasteiger partial charge in [-0.3, -0.25) is 4.79 Å². The first-order valence-electron chi connectivity index (χ1n) is 19.0. The van der Waals surface area contributed by atoms with Gasteiger partial charge in [-0.05, 0) is 95.6 Å². The van der Waals surface area contributed by atoms with E-state index < -0.39 is 29.9 Å². The largest absolute Gasteiger partial charge is 0.461 e. The predicted molar refractivity (Wildman–Crippen MR) is 229 cm³/mol. The normalized spacial score (nSPS) is 16.0. The van der Waals surface area contributed by atoms with Crippen molar-refractivity contribution in [1.82, 2.24) is 0 Å². The number of rotatable bonds is 14. The molecule has 0 aromatic heterocycles. The molecule has 1 saturated carbocycles. The molecule has 1 fully saturated rings. The number of hydrogen-bond donors (Lipinski definition) is 1. The Morgan fingerprint density at radius 1 is 0.820 bits per heavy atom. The maximum Gasteiger partial charge on any atom is 0.416 e. The lowest BCUT2D eigenvalue weighted by atomic mass is 10.0. The number of halogens is 6. The summed E-state index contributed by atoms with van der Waals surface area (Å²) in [4.78, 5) is 25.3. The van der Waals surface area contributed by atoms with Crippen molar-refractivity contribution >= 4 is 52.4 Å². The van der Waals surface area contributed by atoms with Crippen LogP contribution in [0, 0.1) is 34.5 Å². The molecule has 4 unspecified atom stereocenters. The minimum Gasteiger partial charge on any atom is -0.461 e. The number of nitriles is 1. The number of carbonyl (C=O) groups is 2. The van der Waals surface area contributed by atoms with Gasteiger partial charge in [-0.15, -0.1) is 0 Å². The number of allylic oxidation sites excluding steroid dienone is 1. The van der Waals surface area contributed by atoms with Gasteiger partial charge in [-0.2, -0.15) is 18.4 Å². The third-order valence-electron chi connectivity index (χ3n) is 9.75. The van der Waals surface area contributed by atoms with Crippen LogP contribution in [0.2, 0.25) is 5.02 Å². The molecular weight excluding hydrogens is 852 g/mol. The van der Waals surface area contributed by atoms with E-state index in [1.807, 2.05) is 92.7 Å². The first kappa shape index (κ1) is 46.4. The number of nitrogens with zero attached hydrogens (tertiary/aromatic N) is 1. The first-order valence-corrected chi connectivity index (χ1v) is 20.2. The van der Waals surface area contributed by atoms with Crippen molar-refractivity contribution in [3.63, 3.8) is 0 Å². The fraction of sp³-hybridized carbons (Fsp3) is 0.255. The summed E-state index contributed by atoms with van der Waals surface area (Å²) in [5.74, 6) is 0.990. The highest BCUT2D eigenvalue weighted by Gasteiger charge is 2.61. The molecule has 1 aliphatic carbocycles. The number of para-hydroxylation sites is 2. The molecule has 0 amide bonds. The second-order valence-electron chi connectivity index (χ2n) is 14.9. The van der Waals surface area contributed by atoms with Gasteiger partial charge in [0, 0.05) is 5.56 Å². The molecule has 0 bridgehead atoms. The van der Waals surface area contributed by atoms with Gasteiger partial charge in [-0.25, -0.2) is 4.79 Å². The second-order valence-corrected chi connectivity index (χ2v) is 16.4. The van der Waals surface area contributed by atoms with Gasteiger partial charge in [0.1, 0.15) is 46.2 Å². The Hall–Kier alpha value is -5.67. The van der Waals surface area contributed by atoms with Crippen LogP contribution < -0.4 is 14.8 Å². The van der Waals surface area contributed by atoms with E-state index >= 15 is 0 Å². The molecular formula is C47H42Cl3F3N2O6. The van der Waals surface area contributed by atoms with E-state index in [0.717, 1.165) is 29.5 Å². The maximum absolute atomic E-state index is 13.0. The zero-order valence-electron chi connectivity index (χ0n) is 33.5. The van der Waals surface area contributed by atoms with Crippen molar-refractivity contribution in [2.75, 3.05) is 5.32 Å². The minimum atomic E-state index is -4.54. The summed E-state index contributed by atoms with van der Waals surface area (Å²) in [6.45, 7) is 7.66. The van der Waals surface area contributed by atoms with E-state index in [9.17, 15) is 28.0 Å². The number of alkyl halides is 3. The summed E-state index contributed by atoms with van der Waals surface area (Å²) < 4.78 is 61.5. The highest BCUT2D eigenvalue weighted by Crippen LogP contribution is 2.60. The molecule has 14 heteroatoms. The zero-order chi connectivity index (χ0) is 44.3. The molecule has 0 saturated heterocycles. The number of ether oxygens (including phenoxy) is 4. The van der Waals surface area contributed by atoms with Crippen molar-refractivity contribution in [2.24, 2.45) is 23.2 Å². The highest BCUT2D eigenvalue weighted by molar-refractivity contribution is 6.55. The lowest BCUT2D eigenvalue weighted by Gasteiger charge is -2.24. The Kier molecular flexibility index (Phi) is 15.8. The van der Waals surface area contributed by atoms with Crippen LogP contribution in [0.5, 0.6) is 23.0 Å². The fourth-order valence-corrected chi connectivity index (χ4v) is 6.85. The monoisotopic (exact) mass is 892 g/mol. The molecule has 0 radical (unpaired) electrons. The number of hydrogen-bond acceptors (Lipinski definition) is 8. The minimum absolute atomic E-state index is 0.00717. The third kappa shape index (κ3) is 13.2. The molecule has 6 rings (SSSR count). The van der Waals surface area contributed by atoms with Gasteiger partial charge in [0.2, 0.25) is 6.10 Å². The van der Waals surface area contributed by atoms with Crippen molar-refractivity contribution in [2.45, 2.75) is 52.6 Å². The maximum atomic E-state index is 13.0. The van der Waals surface area contributed by atoms with E-state index in [0.29, 0.717) is 22.8 Å². The molecule has 1 N–H and O–H groups in total. The summed E-state index contributed by atoms with van der Waals surface area (Å²) in [7, 11) is 0. The van der Waals surface area contributed by atoms with Gasteiger partial charge >= 0.3 is 18.1 Å². The summed E-state index contributed by atoms with van der Waals surface area (Å²) in [6, 6.07) is 36.5. The van der Waals surface area contributed by atoms with Crippen LogP contribution in [0.15, 0.2) is 138 Å². The van der Waals surface area contributed by atoms with Crippen LogP contribution in [-0.4, -0.2) is 18.0 Å². The Morgan fingerprint density at radius 2 is 1.39 bits per heavy atom. The Balaban J connectivity index is 0.000000241. The van der Waals surface area contributed by atoms with Crippen LogP contribution in [0.25, 0.3) is 0 Å². The third-order valence-corrected chi connectivity index (χ3v) is 10.3. The molecule has 1 aliphatic rings. The molecule has 61 heavy (non-hydrogen) atoms. The summed E-state index contributed by atoms with van der Waals surface area (Å²) in [5.41, 5.74) is 0.322. The number of nitrogens with one attached hydrogen (secondary N) is 1. The summed E-state index contributed by atoms with van der Waals surface area (Å²) in [6.07, 6.45) is -4.06. The molecule has 0 aliphatic heterocycles. The van der Waals surface area contributed by atoms with Crippen LogP contribution in [-0.2, 0) is 31.8 Å². The van der Waals surface area contributed by atoms with Gasteiger partial charge < -0.3 is 24.3 Å². The van der Waals surface area contributed by atoms with Crippen molar-refractivity contribution in [3.05, 3.63) is 160 Å². The molecule has 4 atom stereocenters. The standard InChI is InChI=1S/C26H22ClF3N2O3.C21H20Cl2O3/c1-16(2)24(32-22-12-11-18(14-21(22)27)26(28,29)30)25(33)35-23(15-31)17-7-6-10-20(13-17)34-19-8-4-3-5-9-19;1-21(2)17(12-18(22)23)19(21)20(24)25-13-14-7-6-10-16(11-14)26-15-8-4-3-5-9-15/h3-14,16,23-24,32H,1-2H3;3-12,17,19H,13H2,1-2H3. The smallest absolute Gasteiger partial charge is 0.416 e. The molecule has 5 aromatic rings. The topological polar surface area (TPSA) is 107 Å². The molecule has 0 spiro atoms. The fourth-order valence-electron chi connectivity index (χ4n) is 6.34. The van der Waals surface area contributed by atoms with E-state index in [4.69, 9.17) is 53.8 Å². The van der Waals surface area contributed by atoms with Crippen LogP contribution >= 0.6 is 34.8 Å². The highest BCUT2D eigenvalue weighted by atomic mass is 35.5. The van der Waals surface area contributed by atoms with Crippen LogP contribution in [0.4, 0.5) is 18.9 Å². The quantitative estimate of drug-likeness (QED) is 0.110. The van der Waals surface area contributed by atoms with Crippen LogP contribution in [0.1, 0.15) is 50.5 Å². The SMILES string of the molecule is CC(C)C(Nc1ccc(C(F)(F)F)cc1Cl)C(=O)OC(C#N)c1cccc(Oc2ccccc2)c1.CC1(C)C(C=C(Cl)Cl)C1C(=O)OCc1cccc(Oc2ccccc2)c1. The molecule has 0 heterocycles. The van der Waals surface area contributed by atoms with Crippen molar-refractivity contribution < 1.29 is 41.7 Å². The Morgan fingerprint density at radius 3 is 1.93 bits per heavy atom. The second kappa shape index (κ2) is 20.7. The van der Waals surface area contributed by atoms with Crippen LogP contribution in [0.3, 0.4) is 0 Å². The Bertz CT molecular complexity index is 2350. The predicted octanol–water partition coefficient (Wildman–Crippen LogP) is 13.5. The molecule has 8 nitrogen and oxygen atoms in total. The number of esters is 2. The average Bonchev–Trinajstić information content (AvgIpc) is 3.76. The summed E-state index contributed by atoms with van der Waals surface area (Å²) >= 11 is 17.5. The average molecular weight is 894 g/mol. The van der Waals surface area contributed by atoms with E-state index in [2.05, 4.69) is 5.32 Å². The first-order chi connectivity index (χ1) is 29.0.